The van der Waals surface area contributed by atoms with E-state index in [0.29, 0.717) is 0 Å². The Bertz CT molecular complexity index is 400. The molecule has 1 aliphatic rings. The van der Waals surface area contributed by atoms with Gasteiger partial charge in [0.1, 0.15) is 0 Å². The summed E-state index contributed by atoms with van der Waals surface area (Å²) >= 11 is 2.02. The molecule has 4 heteroatoms. The first-order valence-corrected chi connectivity index (χ1v) is 7.03. The molecule has 3 N–H and O–H groups in total. The number of nitrogens with two attached hydrogens (primary N) is 1. The second kappa shape index (κ2) is 5.96. The fourth-order valence-electron chi connectivity index (χ4n) is 2.15. The van der Waals surface area contributed by atoms with Crippen molar-refractivity contribution in [1.29, 1.82) is 0 Å². The Labute approximate surface area is 106 Å². The maximum Gasteiger partial charge on any atom is 0.170 e. The first-order chi connectivity index (χ1) is 8.29. The highest BCUT2D eigenvalue weighted by Crippen LogP contribution is 2.31. The Morgan fingerprint density at radius 1 is 1.41 bits per heavy atom. The highest BCUT2D eigenvalue weighted by molar-refractivity contribution is 7.99. The van der Waals surface area contributed by atoms with Crippen molar-refractivity contribution < 1.29 is 5.21 Å². The van der Waals surface area contributed by atoms with Gasteiger partial charge in [-0.3, -0.25) is 0 Å². The van der Waals surface area contributed by atoms with Gasteiger partial charge in [0.15, 0.2) is 5.84 Å². The van der Waals surface area contributed by atoms with Crippen LogP contribution in [0.2, 0.25) is 0 Å². The summed E-state index contributed by atoms with van der Waals surface area (Å²) in [5, 5.41) is 12.5. The van der Waals surface area contributed by atoms with Crippen LogP contribution in [-0.4, -0.2) is 16.3 Å². The van der Waals surface area contributed by atoms with Gasteiger partial charge in [0.2, 0.25) is 0 Å². The van der Waals surface area contributed by atoms with Gasteiger partial charge >= 0.3 is 0 Å². The van der Waals surface area contributed by atoms with Crippen LogP contribution in [0.5, 0.6) is 0 Å². The van der Waals surface area contributed by atoms with Crippen LogP contribution in [0.25, 0.3) is 0 Å². The maximum atomic E-state index is 8.64. The van der Waals surface area contributed by atoms with E-state index < -0.39 is 0 Å². The number of thioether (sulfide) groups is 1. The van der Waals surface area contributed by atoms with E-state index in [1.807, 2.05) is 30.0 Å². The van der Waals surface area contributed by atoms with Crippen LogP contribution < -0.4 is 5.73 Å². The van der Waals surface area contributed by atoms with Gasteiger partial charge in [-0.05, 0) is 24.5 Å². The third-order valence-corrected chi connectivity index (χ3v) is 4.56. The van der Waals surface area contributed by atoms with Crippen molar-refractivity contribution in [3.8, 4) is 0 Å². The van der Waals surface area contributed by atoms with Gasteiger partial charge in [0, 0.05) is 16.6 Å². The van der Waals surface area contributed by atoms with Crippen LogP contribution >= 0.6 is 11.8 Å². The van der Waals surface area contributed by atoms with Gasteiger partial charge in [-0.15, -0.1) is 0 Å². The molecule has 0 aromatic heterocycles. The van der Waals surface area contributed by atoms with Crippen molar-refractivity contribution >= 4 is 17.6 Å². The fourth-order valence-corrected chi connectivity index (χ4v) is 3.42. The van der Waals surface area contributed by atoms with Gasteiger partial charge in [-0.2, -0.15) is 11.8 Å². The lowest BCUT2D eigenvalue weighted by Crippen LogP contribution is -2.13. The molecule has 2 rings (SSSR count). The molecule has 17 heavy (non-hydrogen) atoms. The van der Waals surface area contributed by atoms with E-state index in [0.717, 1.165) is 16.6 Å². The van der Waals surface area contributed by atoms with Crippen molar-refractivity contribution in [2.45, 2.75) is 36.7 Å². The van der Waals surface area contributed by atoms with Crippen molar-refractivity contribution in [3.63, 3.8) is 0 Å². The number of amidine groups is 1. The Kier molecular flexibility index (Phi) is 4.31. The molecular formula is C13H18N2OS. The summed E-state index contributed by atoms with van der Waals surface area (Å²) in [6.45, 7) is 0. The lowest BCUT2D eigenvalue weighted by Gasteiger charge is -2.09. The van der Waals surface area contributed by atoms with E-state index >= 15 is 0 Å². The van der Waals surface area contributed by atoms with Crippen molar-refractivity contribution in [1.82, 2.24) is 0 Å². The number of nitrogens with zero attached hydrogens (tertiary/aromatic N) is 1. The standard InChI is InChI=1S/C13H18N2OS/c14-13(15-16)11-5-3-4-10(8-11)9-17-12-6-1-2-7-12/h3-5,8,12,16H,1-2,6-7,9H2,(H2,14,15). The number of oxime groups is 1. The highest BCUT2D eigenvalue weighted by atomic mass is 32.2. The van der Waals surface area contributed by atoms with E-state index in [9.17, 15) is 0 Å². The molecule has 0 aliphatic heterocycles. The van der Waals surface area contributed by atoms with Crippen LogP contribution in [0.1, 0.15) is 36.8 Å². The number of hydrogen-bond acceptors (Lipinski definition) is 3. The highest BCUT2D eigenvalue weighted by Gasteiger charge is 2.15. The summed E-state index contributed by atoms with van der Waals surface area (Å²) in [5.41, 5.74) is 7.61. The van der Waals surface area contributed by atoms with E-state index in [1.165, 1.54) is 31.2 Å². The molecule has 1 fully saturated rings. The molecule has 92 valence electrons. The summed E-state index contributed by atoms with van der Waals surface area (Å²) in [4.78, 5) is 0. The van der Waals surface area contributed by atoms with Crippen LogP contribution in [0.15, 0.2) is 29.4 Å². The Hall–Kier alpha value is -1.16. The summed E-state index contributed by atoms with van der Waals surface area (Å²) in [5.74, 6) is 1.19. The zero-order chi connectivity index (χ0) is 12.1. The molecule has 0 spiro atoms. The quantitative estimate of drug-likeness (QED) is 0.374. The van der Waals surface area contributed by atoms with Gasteiger partial charge < -0.3 is 10.9 Å². The third kappa shape index (κ3) is 3.40. The summed E-state index contributed by atoms with van der Waals surface area (Å²) in [6.07, 6.45) is 5.46. The number of rotatable bonds is 4. The minimum Gasteiger partial charge on any atom is -0.409 e. The Balaban J connectivity index is 1.96. The second-order valence-corrected chi connectivity index (χ2v) is 5.69. The molecular weight excluding hydrogens is 232 g/mol. The molecule has 1 aromatic rings. The Morgan fingerprint density at radius 2 is 2.18 bits per heavy atom. The van der Waals surface area contributed by atoms with Crippen LogP contribution in [0.3, 0.4) is 0 Å². The minimum atomic E-state index is 0.178. The van der Waals surface area contributed by atoms with Crippen molar-refractivity contribution in [2.24, 2.45) is 10.9 Å². The number of hydrogen-bond donors (Lipinski definition) is 2. The van der Waals surface area contributed by atoms with Crippen molar-refractivity contribution in [3.05, 3.63) is 35.4 Å². The van der Waals surface area contributed by atoms with Gasteiger partial charge in [0.05, 0.1) is 0 Å². The molecule has 0 bridgehead atoms. The van der Waals surface area contributed by atoms with Crippen LogP contribution in [-0.2, 0) is 5.75 Å². The van der Waals surface area contributed by atoms with Gasteiger partial charge in [-0.25, -0.2) is 0 Å². The second-order valence-electron chi connectivity index (χ2n) is 4.40. The Morgan fingerprint density at radius 3 is 2.88 bits per heavy atom. The van der Waals surface area contributed by atoms with E-state index in [2.05, 4.69) is 11.2 Å². The first kappa shape index (κ1) is 12.3. The molecule has 0 amide bonds. The normalized spacial score (nSPS) is 17.5. The molecule has 3 nitrogen and oxygen atoms in total. The van der Waals surface area contributed by atoms with E-state index in [1.54, 1.807) is 0 Å². The topological polar surface area (TPSA) is 58.6 Å². The zero-order valence-corrected chi connectivity index (χ0v) is 10.6. The molecule has 0 saturated heterocycles. The SMILES string of the molecule is NC(=NO)c1cccc(CSC2CCCC2)c1. The maximum absolute atomic E-state index is 8.64. The molecule has 1 saturated carbocycles. The lowest BCUT2D eigenvalue weighted by molar-refractivity contribution is 0.318. The molecule has 1 aliphatic carbocycles. The monoisotopic (exact) mass is 250 g/mol. The molecule has 0 atom stereocenters. The van der Waals surface area contributed by atoms with Crippen molar-refractivity contribution in [2.75, 3.05) is 0 Å². The zero-order valence-electron chi connectivity index (χ0n) is 9.80. The fraction of sp³-hybridized carbons (Fsp3) is 0.462. The molecule has 0 heterocycles. The van der Waals surface area contributed by atoms with Crippen LogP contribution in [0.4, 0.5) is 0 Å². The van der Waals surface area contributed by atoms with Gasteiger partial charge in [-0.1, -0.05) is 36.2 Å². The van der Waals surface area contributed by atoms with Crippen LogP contribution in [0, 0.1) is 0 Å². The first-order valence-electron chi connectivity index (χ1n) is 5.98. The third-order valence-electron chi connectivity index (χ3n) is 3.12. The van der Waals surface area contributed by atoms with E-state index in [-0.39, 0.29) is 5.84 Å². The minimum absolute atomic E-state index is 0.178. The smallest absolute Gasteiger partial charge is 0.170 e. The van der Waals surface area contributed by atoms with E-state index in [4.69, 9.17) is 10.9 Å². The number of benzene rings is 1. The summed E-state index contributed by atoms with van der Waals surface area (Å²) in [7, 11) is 0. The predicted octanol–water partition coefficient (Wildman–Crippen LogP) is 2.96. The van der Waals surface area contributed by atoms with Gasteiger partial charge in [0.25, 0.3) is 0 Å². The molecule has 1 aromatic carbocycles. The molecule has 0 radical (unpaired) electrons. The average molecular weight is 250 g/mol. The largest absolute Gasteiger partial charge is 0.409 e. The lowest BCUT2D eigenvalue weighted by atomic mass is 10.1. The summed E-state index contributed by atoms with van der Waals surface area (Å²) in [6, 6.07) is 7.91. The molecule has 0 unspecified atom stereocenters. The average Bonchev–Trinajstić information content (AvgIpc) is 2.89. The summed E-state index contributed by atoms with van der Waals surface area (Å²) < 4.78 is 0. The predicted molar refractivity (Wildman–Crippen MR) is 72.5 cm³/mol.